The molecule has 11 heteroatoms. The van der Waals surface area contributed by atoms with Crippen LogP contribution in [0.5, 0.6) is 11.5 Å². The maximum absolute atomic E-state index is 12.5. The zero-order chi connectivity index (χ0) is 23.7. The molecule has 0 saturated carbocycles. The molecule has 0 bridgehead atoms. The Kier molecular flexibility index (Phi) is 8.56. The number of halogens is 1. The summed E-state index contributed by atoms with van der Waals surface area (Å²) in [5.41, 5.74) is 0.0266. The Bertz CT molecular complexity index is 1110. The van der Waals surface area contributed by atoms with E-state index in [2.05, 4.69) is 10.1 Å². The summed E-state index contributed by atoms with van der Waals surface area (Å²) in [6.07, 6.45) is 1.27. The minimum absolute atomic E-state index is 0.0856. The predicted molar refractivity (Wildman–Crippen MR) is 115 cm³/mol. The average Bonchev–Trinajstić information content (AvgIpc) is 2.76. The van der Waals surface area contributed by atoms with Gasteiger partial charge in [0.25, 0.3) is 11.6 Å². The largest absolute Gasteiger partial charge is 0.490 e. The predicted octanol–water partition coefficient (Wildman–Crippen LogP) is 3.74. The maximum atomic E-state index is 12.5. The summed E-state index contributed by atoms with van der Waals surface area (Å²) in [4.78, 5) is 34.1. The molecule has 0 spiro atoms. The molecule has 0 aliphatic rings. The number of hydrogen-bond acceptors (Lipinski definition) is 8. The van der Waals surface area contributed by atoms with Crippen molar-refractivity contribution in [2.24, 2.45) is 0 Å². The number of nitrogens with zero attached hydrogens (tertiary/aromatic N) is 2. The van der Waals surface area contributed by atoms with Crippen molar-refractivity contribution in [1.82, 2.24) is 0 Å². The van der Waals surface area contributed by atoms with Crippen LogP contribution in [0.2, 0.25) is 5.02 Å². The van der Waals surface area contributed by atoms with Gasteiger partial charge in [0.05, 0.1) is 23.7 Å². The van der Waals surface area contributed by atoms with Gasteiger partial charge in [-0.1, -0.05) is 17.7 Å². The zero-order valence-electron chi connectivity index (χ0n) is 17.1. The number of carbonyl (C=O) groups excluding carboxylic acids is 2. The lowest BCUT2D eigenvalue weighted by Crippen LogP contribution is -2.14. The quantitative estimate of drug-likeness (QED) is 0.196. The number of carbonyl (C=O) groups is 2. The van der Waals surface area contributed by atoms with Crippen LogP contribution in [0.3, 0.4) is 0 Å². The smallest absolute Gasteiger partial charge is 0.343 e. The van der Waals surface area contributed by atoms with Crippen LogP contribution in [0, 0.1) is 21.4 Å². The van der Waals surface area contributed by atoms with Crippen molar-refractivity contribution in [1.29, 1.82) is 5.26 Å². The van der Waals surface area contributed by atoms with Crippen molar-refractivity contribution in [2.75, 3.05) is 25.6 Å². The number of non-ortho nitro benzene ring substituents is 1. The highest BCUT2D eigenvalue weighted by atomic mass is 35.5. The maximum Gasteiger partial charge on any atom is 0.343 e. The first-order chi connectivity index (χ1) is 15.3. The second-order valence-electron chi connectivity index (χ2n) is 6.06. The minimum atomic E-state index is -0.770. The number of methoxy groups -OCH3 is 1. The van der Waals surface area contributed by atoms with Gasteiger partial charge in [0.2, 0.25) is 0 Å². The molecule has 0 aliphatic carbocycles. The van der Waals surface area contributed by atoms with Crippen molar-refractivity contribution < 1.29 is 28.7 Å². The van der Waals surface area contributed by atoms with Gasteiger partial charge < -0.3 is 19.5 Å². The van der Waals surface area contributed by atoms with Gasteiger partial charge in [-0.15, -0.1) is 0 Å². The molecule has 2 rings (SSSR count). The number of nitro groups is 1. The molecule has 1 N–H and O–H groups in total. The van der Waals surface area contributed by atoms with E-state index in [0.29, 0.717) is 5.56 Å². The Morgan fingerprint density at radius 1 is 1.28 bits per heavy atom. The van der Waals surface area contributed by atoms with Gasteiger partial charge in [0, 0.05) is 17.8 Å². The second-order valence-corrected chi connectivity index (χ2v) is 6.47. The summed E-state index contributed by atoms with van der Waals surface area (Å²) < 4.78 is 15.4. The van der Waals surface area contributed by atoms with Crippen LogP contribution < -0.4 is 14.8 Å². The summed E-state index contributed by atoms with van der Waals surface area (Å²) >= 11 is 6.25. The van der Waals surface area contributed by atoms with Gasteiger partial charge in [0.15, 0.2) is 18.1 Å². The molecule has 166 valence electrons. The molecule has 0 saturated heterocycles. The third-order valence-corrected chi connectivity index (χ3v) is 4.17. The van der Waals surface area contributed by atoms with Gasteiger partial charge >= 0.3 is 5.97 Å². The summed E-state index contributed by atoms with van der Waals surface area (Å²) in [5.74, 6) is -1.08. The van der Waals surface area contributed by atoms with E-state index in [4.69, 9.17) is 21.1 Å². The zero-order valence-corrected chi connectivity index (χ0v) is 17.8. The monoisotopic (exact) mass is 459 g/mol. The highest BCUT2D eigenvalue weighted by Crippen LogP contribution is 2.37. The molecule has 0 aromatic heterocycles. The lowest BCUT2D eigenvalue weighted by Gasteiger charge is -2.14. The molecule has 10 nitrogen and oxygen atoms in total. The van der Waals surface area contributed by atoms with E-state index >= 15 is 0 Å². The van der Waals surface area contributed by atoms with Gasteiger partial charge in [-0.2, -0.15) is 5.26 Å². The Morgan fingerprint density at radius 3 is 2.66 bits per heavy atom. The summed E-state index contributed by atoms with van der Waals surface area (Å²) in [6.45, 7) is 1.60. The molecule has 32 heavy (non-hydrogen) atoms. The van der Waals surface area contributed by atoms with Crippen LogP contribution in [-0.2, 0) is 14.3 Å². The third kappa shape index (κ3) is 6.45. The molecule has 0 fully saturated rings. The number of nitro benzene ring substituents is 1. The first-order valence-corrected chi connectivity index (χ1v) is 9.50. The van der Waals surface area contributed by atoms with E-state index in [-0.39, 0.29) is 46.7 Å². The van der Waals surface area contributed by atoms with E-state index in [1.165, 1.54) is 49.6 Å². The molecule has 0 aliphatic heterocycles. The number of esters is 1. The molecular weight excluding hydrogens is 442 g/mol. The van der Waals surface area contributed by atoms with Crippen LogP contribution in [0.4, 0.5) is 11.4 Å². The lowest BCUT2D eigenvalue weighted by atomic mass is 10.1. The van der Waals surface area contributed by atoms with Gasteiger partial charge in [-0.05, 0) is 36.8 Å². The number of anilines is 1. The van der Waals surface area contributed by atoms with Crippen molar-refractivity contribution in [3.8, 4) is 17.6 Å². The average molecular weight is 460 g/mol. The minimum Gasteiger partial charge on any atom is -0.490 e. The van der Waals surface area contributed by atoms with Gasteiger partial charge in [-0.25, -0.2) is 4.79 Å². The van der Waals surface area contributed by atoms with Crippen molar-refractivity contribution in [3.05, 3.63) is 62.7 Å². The molecule has 0 atom stereocenters. The van der Waals surface area contributed by atoms with Gasteiger partial charge in [0.1, 0.15) is 11.6 Å². The molecule has 2 aromatic carbocycles. The van der Waals surface area contributed by atoms with E-state index in [1.54, 1.807) is 13.0 Å². The second kappa shape index (κ2) is 11.3. The number of nitriles is 1. The fraction of sp³-hybridized carbons (Fsp3) is 0.190. The van der Waals surface area contributed by atoms with Crippen molar-refractivity contribution in [3.63, 3.8) is 0 Å². The third-order valence-electron chi connectivity index (χ3n) is 3.88. The number of nitrogens with one attached hydrogen (secondary N) is 1. The van der Waals surface area contributed by atoms with E-state index in [9.17, 15) is 25.0 Å². The standard InChI is InChI=1S/C21H18ClN3O7/c1-3-31-18-9-13(8-17(22)20(18)32-12-19(26)30-2)7-14(11-23)21(27)24-15-5-4-6-16(10-15)25(28)29/h4-10H,3,12H2,1-2H3,(H,24,27)/b14-7+. The van der Waals surface area contributed by atoms with Crippen molar-refractivity contribution in [2.45, 2.75) is 6.92 Å². The van der Waals surface area contributed by atoms with Gasteiger partial charge in [-0.3, -0.25) is 14.9 Å². The van der Waals surface area contributed by atoms with Crippen LogP contribution in [0.15, 0.2) is 42.0 Å². The van der Waals surface area contributed by atoms with Crippen LogP contribution in [0.25, 0.3) is 6.08 Å². The summed E-state index contributed by atoms with van der Waals surface area (Å²) in [7, 11) is 1.22. The summed E-state index contributed by atoms with van der Waals surface area (Å²) in [6, 6.07) is 10.0. The fourth-order valence-electron chi connectivity index (χ4n) is 2.48. The van der Waals surface area contributed by atoms with Crippen LogP contribution in [-0.4, -0.2) is 37.1 Å². The normalized spacial score (nSPS) is 10.6. The van der Waals surface area contributed by atoms with E-state index in [0.717, 1.165) is 0 Å². The first kappa shape index (κ1) is 24.2. The van der Waals surface area contributed by atoms with E-state index in [1.807, 2.05) is 0 Å². The first-order valence-electron chi connectivity index (χ1n) is 9.12. The number of hydrogen-bond donors (Lipinski definition) is 1. The topological polar surface area (TPSA) is 141 Å². The Hall–Kier alpha value is -4.10. The Labute approximate surface area is 188 Å². The number of benzene rings is 2. The Balaban J connectivity index is 2.32. The Morgan fingerprint density at radius 2 is 2.03 bits per heavy atom. The highest BCUT2D eigenvalue weighted by Gasteiger charge is 2.16. The molecule has 0 radical (unpaired) electrons. The summed E-state index contributed by atoms with van der Waals surface area (Å²) in [5, 5.41) is 22.8. The van der Waals surface area contributed by atoms with E-state index < -0.39 is 16.8 Å². The van der Waals surface area contributed by atoms with Crippen molar-refractivity contribution >= 4 is 40.9 Å². The number of amides is 1. The molecule has 1 amide bonds. The fourth-order valence-corrected chi connectivity index (χ4v) is 2.75. The van der Waals surface area contributed by atoms with Crippen LogP contribution >= 0.6 is 11.6 Å². The SMILES string of the molecule is CCOc1cc(/C=C(\C#N)C(=O)Nc2cccc([N+](=O)[O-])c2)cc(Cl)c1OCC(=O)OC. The van der Waals surface area contributed by atoms with Crippen LogP contribution in [0.1, 0.15) is 12.5 Å². The molecule has 0 heterocycles. The number of rotatable bonds is 9. The molecular formula is C21H18ClN3O7. The highest BCUT2D eigenvalue weighted by molar-refractivity contribution is 6.32. The number of ether oxygens (including phenoxy) is 3. The molecule has 2 aromatic rings. The lowest BCUT2D eigenvalue weighted by molar-refractivity contribution is -0.384. The molecule has 0 unspecified atom stereocenters.